The Bertz CT molecular complexity index is 1110. The summed E-state index contributed by atoms with van der Waals surface area (Å²) in [5, 5.41) is 3.84. The summed E-state index contributed by atoms with van der Waals surface area (Å²) in [5.74, 6) is 0.400. The van der Waals surface area contributed by atoms with E-state index in [-0.39, 0.29) is 11.6 Å². The Morgan fingerprint density at radius 1 is 1.03 bits per heavy atom. The van der Waals surface area contributed by atoms with Crippen molar-refractivity contribution in [3.63, 3.8) is 0 Å². The molecule has 0 saturated carbocycles. The quantitative estimate of drug-likeness (QED) is 0.681. The summed E-state index contributed by atoms with van der Waals surface area (Å²) in [6.07, 6.45) is 2.14. The van der Waals surface area contributed by atoms with E-state index in [0.717, 1.165) is 48.5 Å². The number of halogens is 1. The number of fused-ring (bicyclic) bond motifs is 1. The maximum absolute atomic E-state index is 12.6. The van der Waals surface area contributed by atoms with Crippen molar-refractivity contribution in [2.75, 3.05) is 19.6 Å². The molecule has 0 bridgehead atoms. The third-order valence-electron chi connectivity index (χ3n) is 6.11. The normalized spacial score (nSPS) is 15.6. The Morgan fingerprint density at radius 3 is 2.40 bits per heavy atom. The lowest BCUT2D eigenvalue weighted by Crippen LogP contribution is -2.38. The van der Waals surface area contributed by atoms with Crippen LogP contribution in [0.15, 0.2) is 47.3 Å². The van der Waals surface area contributed by atoms with Crippen LogP contribution < -0.4 is 11.0 Å². The molecule has 7 heteroatoms. The highest BCUT2D eigenvalue weighted by molar-refractivity contribution is 6.30. The maximum atomic E-state index is 12.6. The number of amides is 1. The minimum absolute atomic E-state index is 0.0863. The standard InChI is InChI=1S/C23H27ClN4O2/c1-26-20-8-5-18(13-21(20)27(2)23(26)30)22(29)25-14-16-9-11-28(12-10-16)15-17-3-6-19(24)7-4-17/h3-8,13,16H,9-12,14-15H2,1-2H3,(H,25,29). The Morgan fingerprint density at radius 2 is 1.70 bits per heavy atom. The minimum Gasteiger partial charge on any atom is -0.352 e. The molecule has 158 valence electrons. The molecule has 2 heterocycles. The van der Waals surface area contributed by atoms with E-state index in [2.05, 4.69) is 22.3 Å². The van der Waals surface area contributed by atoms with Gasteiger partial charge in [-0.3, -0.25) is 18.8 Å². The molecule has 1 fully saturated rings. The lowest BCUT2D eigenvalue weighted by atomic mass is 9.96. The first-order valence-electron chi connectivity index (χ1n) is 10.3. The summed E-state index contributed by atoms with van der Waals surface area (Å²) in [5.41, 5.74) is 3.37. The second-order valence-electron chi connectivity index (χ2n) is 8.16. The smallest absolute Gasteiger partial charge is 0.328 e. The zero-order chi connectivity index (χ0) is 21.3. The van der Waals surface area contributed by atoms with Crippen LogP contribution in [0.5, 0.6) is 0 Å². The van der Waals surface area contributed by atoms with E-state index < -0.39 is 0 Å². The average Bonchev–Trinajstić information content (AvgIpc) is 2.98. The third-order valence-corrected chi connectivity index (χ3v) is 6.36. The molecule has 30 heavy (non-hydrogen) atoms. The summed E-state index contributed by atoms with van der Waals surface area (Å²) in [7, 11) is 3.47. The minimum atomic E-state index is -0.0899. The molecule has 0 unspecified atom stereocenters. The number of hydrogen-bond donors (Lipinski definition) is 1. The molecule has 0 aliphatic carbocycles. The molecule has 6 nitrogen and oxygen atoms in total. The van der Waals surface area contributed by atoms with Gasteiger partial charge in [-0.1, -0.05) is 23.7 Å². The van der Waals surface area contributed by atoms with Gasteiger partial charge in [-0.05, 0) is 67.7 Å². The zero-order valence-electron chi connectivity index (χ0n) is 17.4. The Kier molecular flexibility index (Phi) is 5.97. The molecule has 1 aliphatic heterocycles. The van der Waals surface area contributed by atoms with E-state index in [1.165, 1.54) is 5.56 Å². The zero-order valence-corrected chi connectivity index (χ0v) is 18.2. The van der Waals surface area contributed by atoms with Gasteiger partial charge in [0.2, 0.25) is 0 Å². The number of benzene rings is 2. The number of likely N-dealkylation sites (tertiary alicyclic amines) is 1. The van der Waals surface area contributed by atoms with Gasteiger partial charge in [0.15, 0.2) is 0 Å². The second kappa shape index (κ2) is 8.66. The highest BCUT2D eigenvalue weighted by Crippen LogP contribution is 2.20. The van der Waals surface area contributed by atoms with Crippen LogP contribution in [0.4, 0.5) is 0 Å². The van der Waals surface area contributed by atoms with Crippen molar-refractivity contribution in [1.82, 2.24) is 19.4 Å². The van der Waals surface area contributed by atoms with E-state index in [1.807, 2.05) is 18.2 Å². The highest BCUT2D eigenvalue weighted by Gasteiger charge is 2.20. The van der Waals surface area contributed by atoms with E-state index >= 15 is 0 Å². The van der Waals surface area contributed by atoms with Crippen molar-refractivity contribution in [3.8, 4) is 0 Å². The molecule has 4 rings (SSSR count). The molecule has 1 aromatic heterocycles. The predicted molar refractivity (Wildman–Crippen MR) is 120 cm³/mol. The number of hydrogen-bond acceptors (Lipinski definition) is 3. The molecule has 0 spiro atoms. The molecular weight excluding hydrogens is 400 g/mol. The third kappa shape index (κ3) is 4.30. The van der Waals surface area contributed by atoms with Crippen LogP contribution in [0.1, 0.15) is 28.8 Å². The van der Waals surface area contributed by atoms with Crippen LogP contribution in [-0.4, -0.2) is 39.6 Å². The van der Waals surface area contributed by atoms with E-state index in [1.54, 1.807) is 35.4 Å². The van der Waals surface area contributed by atoms with Gasteiger partial charge in [-0.25, -0.2) is 4.79 Å². The van der Waals surface area contributed by atoms with Crippen LogP contribution in [0.3, 0.4) is 0 Å². The molecule has 1 N–H and O–H groups in total. The number of rotatable bonds is 5. The average molecular weight is 427 g/mol. The topological polar surface area (TPSA) is 59.3 Å². The van der Waals surface area contributed by atoms with Crippen LogP contribution >= 0.6 is 11.6 Å². The number of carbonyl (C=O) groups excluding carboxylic acids is 1. The number of carbonyl (C=O) groups is 1. The van der Waals surface area contributed by atoms with Gasteiger partial charge >= 0.3 is 5.69 Å². The fourth-order valence-corrected chi connectivity index (χ4v) is 4.31. The summed E-state index contributed by atoms with van der Waals surface area (Å²) >= 11 is 5.96. The van der Waals surface area contributed by atoms with Crippen LogP contribution in [0.25, 0.3) is 11.0 Å². The lowest BCUT2D eigenvalue weighted by molar-refractivity contribution is 0.0935. The van der Waals surface area contributed by atoms with Crippen molar-refractivity contribution in [2.45, 2.75) is 19.4 Å². The number of nitrogens with one attached hydrogen (secondary N) is 1. The van der Waals surface area contributed by atoms with Gasteiger partial charge in [0.25, 0.3) is 5.91 Å². The molecule has 0 radical (unpaired) electrons. The Hall–Kier alpha value is -2.57. The second-order valence-corrected chi connectivity index (χ2v) is 8.60. The van der Waals surface area contributed by atoms with Crippen LogP contribution in [0, 0.1) is 5.92 Å². The van der Waals surface area contributed by atoms with Crippen molar-refractivity contribution in [3.05, 3.63) is 69.1 Å². The fourth-order valence-electron chi connectivity index (χ4n) is 4.18. The van der Waals surface area contributed by atoms with Crippen molar-refractivity contribution in [2.24, 2.45) is 20.0 Å². The summed E-state index contributed by atoms with van der Waals surface area (Å²) in [6, 6.07) is 13.4. The highest BCUT2D eigenvalue weighted by atomic mass is 35.5. The van der Waals surface area contributed by atoms with Crippen LogP contribution in [-0.2, 0) is 20.6 Å². The molecule has 0 atom stereocenters. The molecule has 1 saturated heterocycles. The van der Waals surface area contributed by atoms with E-state index in [0.29, 0.717) is 18.0 Å². The summed E-state index contributed by atoms with van der Waals surface area (Å²) < 4.78 is 3.16. The van der Waals surface area contributed by atoms with Crippen molar-refractivity contribution in [1.29, 1.82) is 0 Å². The lowest BCUT2D eigenvalue weighted by Gasteiger charge is -2.32. The maximum Gasteiger partial charge on any atom is 0.328 e. The number of piperidine rings is 1. The molecule has 2 aromatic carbocycles. The van der Waals surface area contributed by atoms with Gasteiger partial charge in [-0.15, -0.1) is 0 Å². The van der Waals surface area contributed by atoms with Gasteiger partial charge < -0.3 is 5.32 Å². The van der Waals surface area contributed by atoms with E-state index in [9.17, 15) is 9.59 Å². The van der Waals surface area contributed by atoms with Gasteiger partial charge in [0, 0.05) is 37.8 Å². The number of aromatic nitrogens is 2. The molecular formula is C23H27ClN4O2. The monoisotopic (exact) mass is 426 g/mol. The SMILES string of the molecule is Cn1c(=O)n(C)c2cc(C(=O)NCC3CCN(Cc4ccc(Cl)cc4)CC3)ccc21. The predicted octanol–water partition coefficient (Wildman–Crippen LogP) is 3.17. The molecule has 1 aliphatic rings. The van der Waals surface area contributed by atoms with E-state index in [4.69, 9.17) is 11.6 Å². The van der Waals surface area contributed by atoms with Crippen molar-refractivity contribution >= 4 is 28.5 Å². The number of nitrogens with zero attached hydrogens (tertiary/aromatic N) is 3. The largest absolute Gasteiger partial charge is 0.352 e. The van der Waals surface area contributed by atoms with Gasteiger partial charge in [0.05, 0.1) is 11.0 Å². The Labute approximate surface area is 181 Å². The van der Waals surface area contributed by atoms with Gasteiger partial charge in [-0.2, -0.15) is 0 Å². The summed E-state index contributed by atoms with van der Waals surface area (Å²) in [6.45, 7) is 3.67. The number of aryl methyl sites for hydroxylation is 2. The van der Waals surface area contributed by atoms with Gasteiger partial charge in [0.1, 0.15) is 0 Å². The van der Waals surface area contributed by atoms with Crippen molar-refractivity contribution < 1.29 is 4.79 Å². The first-order chi connectivity index (χ1) is 14.4. The van der Waals surface area contributed by atoms with Crippen LogP contribution in [0.2, 0.25) is 5.02 Å². The molecule has 3 aromatic rings. The fraction of sp³-hybridized carbons (Fsp3) is 0.391. The Balaban J connectivity index is 1.29. The number of imidazole rings is 1. The molecule has 1 amide bonds. The first kappa shape index (κ1) is 20.7. The first-order valence-corrected chi connectivity index (χ1v) is 10.7. The summed E-state index contributed by atoms with van der Waals surface area (Å²) in [4.78, 5) is 27.2.